The number of hydrogen-bond donors (Lipinski definition) is 3. The minimum atomic E-state index is 0.256. The van der Waals surface area contributed by atoms with E-state index in [4.69, 9.17) is 0 Å². The van der Waals surface area contributed by atoms with Gasteiger partial charge in [0.1, 0.15) is 0 Å². The van der Waals surface area contributed by atoms with Crippen LogP contribution in [0.25, 0.3) is 0 Å². The van der Waals surface area contributed by atoms with E-state index in [1.54, 1.807) is 5.70 Å². The van der Waals surface area contributed by atoms with Crippen molar-refractivity contribution in [3.05, 3.63) is 72.0 Å². The van der Waals surface area contributed by atoms with Crippen LogP contribution in [-0.4, -0.2) is 69.0 Å². The molecule has 0 spiro atoms. The Hall–Kier alpha value is -1.57. The van der Waals surface area contributed by atoms with Gasteiger partial charge in [-0.15, -0.1) is 0 Å². The molecule has 4 aliphatic heterocycles. The Bertz CT molecular complexity index is 1840. The standard InChI is InChI=1S/C57H85N5S/c1-4-18-37-33-43(56-59-54(36-19-6-5-7-20-36)58-55(60-56)38-31-32-53-42(34-38)41-23-10-17-30-52(41)63-53)51(35-50(37)61-46-26-13-8-21-39(46)40-22-9-14-27-47(40)61)62-48-28-15-11-24-44(48)57(2,3)45-25-12-16-29-49(45)62/h4,6,11,13,18-19,23-24,26,35-40,42-50,52-56,58-60H,5,7-10,12,14-17,20-22,25,27-34H2,1-3H3. The highest BCUT2D eigenvalue weighted by atomic mass is 32.2. The molecule has 6 heteroatoms. The number of piperidine rings is 1. The highest BCUT2D eigenvalue weighted by Crippen LogP contribution is 2.58. The molecule has 0 amide bonds. The zero-order valence-corrected chi connectivity index (χ0v) is 40.4. The van der Waals surface area contributed by atoms with Gasteiger partial charge in [-0.1, -0.05) is 99.8 Å². The Kier molecular flexibility index (Phi) is 12.1. The molecule has 0 bridgehead atoms. The molecule has 7 fully saturated rings. The molecular formula is C57H85N5S. The minimum Gasteiger partial charge on any atom is -0.368 e. The van der Waals surface area contributed by atoms with Gasteiger partial charge >= 0.3 is 0 Å². The molecule has 0 radical (unpaired) electrons. The molecule has 3 N–H and O–H groups in total. The van der Waals surface area contributed by atoms with E-state index in [2.05, 4.69) is 119 Å². The topological polar surface area (TPSA) is 42.6 Å². The zero-order valence-electron chi connectivity index (χ0n) is 39.6. The van der Waals surface area contributed by atoms with E-state index in [1.807, 2.05) is 5.57 Å². The van der Waals surface area contributed by atoms with Crippen molar-refractivity contribution in [2.24, 2.45) is 58.7 Å². The summed E-state index contributed by atoms with van der Waals surface area (Å²) < 4.78 is 0. The highest BCUT2D eigenvalue weighted by molar-refractivity contribution is 8.01. The summed E-state index contributed by atoms with van der Waals surface area (Å²) in [6.45, 7) is 7.70. The maximum absolute atomic E-state index is 4.58. The van der Waals surface area contributed by atoms with E-state index < -0.39 is 0 Å². The molecule has 12 aliphatic rings. The lowest BCUT2D eigenvalue weighted by Gasteiger charge is -2.63. The predicted molar refractivity (Wildman–Crippen MR) is 264 cm³/mol. The number of rotatable bonds is 6. The SMILES string of the molecule is CC=CC1CC(C2NC(C3C=CCCC3)NC(C3CCC4SC5CCCC=C5C4C3)N2)C(N2C3CCC=CC3C(C)(C)C3CCCCC32)=CC1N1C2C=CCCC2C2CCCCC21. The van der Waals surface area contributed by atoms with Crippen LogP contribution in [0.15, 0.2) is 72.0 Å². The van der Waals surface area contributed by atoms with Gasteiger partial charge in [0.2, 0.25) is 0 Å². The third-order valence-electron chi connectivity index (χ3n) is 20.6. The van der Waals surface area contributed by atoms with Gasteiger partial charge in [-0.3, -0.25) is 20.9 Å². The van der Waals surface area contributed by atoms with Crippen LogP contribution in [0, 0.1) is 58.7 Å². The van der Waals surface area contributed by atoms with Crippen LogP contribution in [0.4, 0.5) is 0 Å². The maximum Gasteiger partial charge on any atom is 0.0680 e. The Balaban J connectivity index is 0.961. The van der Waals surface area contributed by atoms with Gasteiger partial charge in [0, 0.05) is 64.2 Å². The summed E-state index contributed by atoms with van der Waals surface area (Å²) in [4.78, 5) is 6.45. The van der Waals surface area contributed by atoms with Crippen LogP contribution in [0.2, 0.25) is 0 Å². The fraction of sp³-hybridized carbons (Fsp3) is 0.789. The largest absolute Gasteiger partial charge is 0.368 e. The lowest BCUT2D eigenvalue weighted by molar-refractivity contribution is -0.0876. The maximum atomic E-state index is 4.58. The lowest BCUT2D eigenvalue weighted by Crippen LogP contribution is -2.73. The molecule has 0 aromatic heterocycles. The van der Waals surface area contributed by atoms with Crippen molar-refractivity contribution in [1.82, 2.24) is 25.8 Å². The molecule has 19 atom stereocenters. The van der Waals surface area contributed by atoms with Gasteiger partial charge in [0.25, 0.3) is 0 Å². The van der Waals surface area contributed by atoms with Crippen LogP contribution >= 0.6 is 11.8 Å². The van der Waals surface area contributed by atoms with Gasteiger partial charge < -0.3 is 4.90 Å². The summed E-state index contributed by atoms with van der Waals surface area (Å²) in [7, 11) is 0. The second kappa shape index (κ2) is 17.8. The van der Waals surface area contributed by atoms with E-state index in [0.29, 0.717) is 71.5 Å². The first-order valence-electron chi connectivity index (χ1n) is 27.5. The third-order valence-corrected chi connectivity index (χ3v) is 22.3. The molecule has 3 saturated carbocycles. The summed E-state index contributed by atoms with van der Waals surface area (Å²) in [5.74, 6) is 6.09. The Morgan fingerprint density at radius 3 is 2.33 bits per heavy atom. The van der Waals surface area contributed by atoms with Crippen molar-refractivity contribution in [3.63, 3.8) is 0 Å². The first-order chi connectivity index (χ1) is 31.0. The molecule has 19 unspecified atom stereocenters. The fourth-order valence-electron chi connectivity index (χ4n) is 17.8. The van der Waals surface area contributed by atoms with Gasteiger partial charge in [-0.25, -0.2) is 0 Å². The van der Waals surface area contributed by atoms with Crippen LogP contribution < -0.4 is 16.0 Å². The predicted octanol–water partition coefficient (Wildman–Crippen LogP) is 12.0. The molecule has 8 aliphatic carbocycles. The summed E-state index contributed by atoms with van der Waals surface area (Å²) in [5.41, 5.74) is 3.97. The van der Waals surface area contributed by atoms with Crippen molar-refractivity contribution in [2.75, 3.05) is 0 Å². The van der Waals surface area contributed by atoms with Gasteiger partial charge in [0.15, 0.2) is 0 Å². The van der Waals surface area contributed by atoms with Gasteiger partial charge in [-0.05, 0) is 169 Å². The van der Waals surface area contributed by atoms with Gasteiger partial charge in [0.05, 0.1) is 18.5 Å². The Morgan fingerprint density at radius 2 is 1.44 bits per heavy atom. The second-order valence-electron chi connectivity index (χ2n) is 24.0. The molecule has 0 aromatic rings. The van der Waals surface area contributed by atoms with Crippen LogP contribution in [0.5, 0.6) is 0 Å². The summed E-state index contributed by atoms with van der Waals surface area (Å²) in [6.07, 6.45) is 57.5. The number of hydrogen-bond acceptors (Lipinski definition) is 6. The van der Waals surface area contributed by atoms with Gasteiger partial charge in [-0.2, -0.15) is 11.8 Å². The number of fused-ring (bicyclic) bond motifs is 8. The quantitative estimate of drug-likeness (QED) is 0.231. The average Bonchev–Trinajstić information content (AvgIpc) is 3.88. The number of likely N-dealkylation sites (tertiary alicyclic amines) is 2. The molecular weight excluding hydrogens is 787 g/mol. The Labute approximate surface area is 387 Å². The monoisotopic (exact) mass is 872 g/mol. The van der Waals surface area contributed by atoms with Crippen LogP contribution in [0.1, 0.15) is 162 Å². The summed E-state index contributed by atoms with van der Waals surface area (Å²) in [6, 6.07) is 3.06. The zero-order chi connectivity index (χ0) is 42.2. The summed E-state index contributed by atoms with van der Waals surface area (Å²) >= 11 is 2.37. The normalized spacial score (nSPS) is 49.3. The number of allylic oxidation sites excluding steroid dienone is 5. The number of nitrogens with zero attached hydrogens (tertiary/aromatic N) is 2. The molecule has 344 valence electrons. The van der Waals surface area contributed by atoms with E-state index in [0.717, 1.165) is 40.2 Å². The van der Waals surface area contributed by atoms with E-state index in [1.165, 1.54) is 141 Å². The fourth-order valence-corrected chi connectivity index (χ4v) is 19.7. The van der Waals surface area contributed by atoms with Crippen molar-refractivity contribution in [2.45, 2.75) is 221 Å². The smallest absolute Gasteiger partial charge is 0.0680 e. The van der Waals surface area contributed by atoms with Crippen molar-refractivity contribution >= 4 is 11.8 Å². The Morgan fingerprint density at radius 1 is 0.651 bits per heavy atom. The molecule has 12 rings (SSSR count). The minimum absolute atomic E-state index is 0.256. The van der Waals surface area contributed by atoms with Crippen molar-refractivity contribution in [1.29, 1.82) is 0 Å². The second-order valence-corrected chi connectivity index (χ2v) is 25.4. The highest BCUT2D eigenvalue weighted by Gasteiger charge is 2.58. The molecule has 63 heavy (non-hydrogen) atoms. The first-order valence-corrected chi connectivity index (χ1v) is 28.4. The van der Waals surface area contributed by atoms with Crippen LogP contribution in [0.3, 0.4) is 0 Å². The van der Waals surface area contributed by atoms with Crippen molar-refractivity contribution < 1.29 is 0 Å². The van der Waals surface area contributed by atoms with E-state index in [9.17, 15) is 0 Å². The molecule has 5 nitrogen and oxygen atoms in total. The third kappa shape index (κ3) is 7.54. The van der Waals surface area contributed by atoms with Crippen LogP contribution in [-0.2, 0) is 0 Å². The summed E-state index contributed by atoms with van der Waals surface area (Å²) in [5, 5.41) is 15.1. The lowest BCUT2D eigenvalue weighted by atomic mass is 9.55. The number of nitrogens with one attached hydrogen (secondary N) is 3. The molecule has 4 saturated heterocycles. The number of thioether (sulfide) groups is 1. The van der Waals surface area contributed by atoms with E-state index in [-0.39, 0.29) is 6.17 Å². The first kappa shape index (κ1) is 42.8. The molecule has 0 aromatic carbocycles. The molecule has 4 heterocycles. The van der Waals surface area contributed by atoms with E-state index >= 15 is 0 Å². The van der Waals surface area contributed by atoms with Crippen molar-refractivity contribution in [3.8, 4) is 0 Å². The average molecular weight is 872 g/mol.